The van der Waals surface area contributed by atoms with E-state index in [9.17, 15) is 0 Å². The summed E-state index contributed by atoms with van der Waals surface area (Å²) < 4.78 is 6.83. The summed E-state index contributed by atoms with van der Waals surface area (Å²) in [6.45, 7) is 5.01. The molecule has 2 aromatic rings. The fourth-order valence-electron chi connectivity index (χ4n) is 2.70. The second-order valence-corrected chi connectivity index (χ2v) is 6.08. The quantitative estimate of drug-likeness (QED) is 0.909. The first-order valence-electron chi connectivity index (χ1n) is 7.02. The van der Waals surface area contributed by atoms with E-state index in [1.165, 1.54) is 10.3 Å². The zero-order valence-electron chi connectivity index (χ0n) is 11.3. The summed E-state index contributed by atoms with van der Waals surface area (Å²) >= 11 is 1.76. The molecule has 0 bridgehead atoms. The summed E-state index contributed by atoms with van der Waals surface area (Å²) in [5.41, 5.74) is 2.41. The van der Waals surface area contributed by atoms with Crippen molar-refractivity contribution in [2.45, 2.75) is 25.8 Å². The van der Waals surface area contributed by atoms with Crippen LogP contribution in [-0.4, -0.2) is 24.7 Å². The van der Waals surface area contributed by atoms with Gasteiger partial charge in [0, 0.05) is 24.8 Å². The highest BCUT2D eigenvalue weighted by molar-refractivity contribution is 7.17. The van der Waals surface area contributed by atoms with Gasteiger partial charge in [0.05, 0.1) is 16.8 Å². The van der Waals surface area contributed by atoms with Crippen LogP contribution in [0.25, 0.3) is 10.2 Å². The number of hydrogen-bond donors (Lipinski definition) is 1. The summed E-state index contributed by atoms with van der Waals surface area (Å²) in [7, 11) is 0. The van der Waals surface area contributed by atoms with Crippen LogP contribution in [0.1, 0.15) is 31.4 Å². The van der Waals surface area contributed by atoms with Crippen LogP contribution in [0.2, 0.25) is 0 Å². The third-order valence-electron chi connectivity index (χ3n) is 3.73. The minimum absolute atomic E-state index is 0.376. The fourth-order valence-corrected chi connectivity index (χ4v) is 3.49. The number of ether oxygens (including phenoxy) is 1. The zero-order valence-corrected chi connectivity index (χ0v) is 12.1. The molecule has 0 spiro atoms. The van der Waals surface area contributed by atoms with Crippen LogP contribution < -0.4 is 5.32 Å². The van der Waals surface area contributed by atoms with E-state index in [0.29, 0.717) is 12.0 Å². The summed E-state index contributed by atoms with van der Waals surface area (Å²) in [6.07, 6.45) is 4.32. The number of nitrogens with zero attached hydrogens (tertiary/aromatic N) is 1. The molecule has 0 aromatic carbocycles. The molecule has 3 rings (SSSR count). The second-order valence-electron chi connectivity index (χ2n) is 5.13. The molecule has 4 heteroatoms. The van der Waals surface area contributed by atoms with Crippen LogP contribution in [0.5, 0.6) is 0 Å². The summed E-state index contributed by atoms with van der Waals surface area (Å²) in [5, 5.41) is 5.77. The van der Waals surface area contributed by atoms with Gasteiger partial charge in [-0.15, -0.1) is 11.3 Å². The van der Waals surface area contributed by atoms with E-state index in [4.69, 9.17) is 4.74 Å². The maximum Gasteiger partial charge on any atom is 0.0809 e. The number of rotatable bonds is 5. The van der Waals surface area contributed by atoms with Crippen molar-refractivity contribution < 1.29 is 4.74 Å². The molecule has 102 valence electrons. The Morgan fingerprint density at radius 3 is 3.32 bits per heavy atom. The van der Waals surface area contributed by atoms with Crippen LogP contribution in [0, 0.1) is 5.92 Å². The van der Waals surface area contributed by atoms with Gasteiger partial charge in [0.15, 0.2) is 0 Å². The molecule has 1 N–H and O–H groups in total. The standard InChI is InChI=1S/C15H20N2OS/c1-2-5-16-15(11-3-6-18-10-11)12-8-14-13(17-9-12)4-7-19-14/h4,7-9,11,15-16H,2-3,5-6,10H2,1H3. The predicted molar refractivity (Wildman–Crippen MR) is 79.6 cm³/mol. The lowest BCUT2D eigenvalue weighted by Crippen LogP contribution is -2.29. The molecular weight excluding hydrogens is 256 g/mol. The van der Waals surface area contributed by atoms with E-state index in [2.05, 4.69) is 34.7 Å². The first-order chi connectivity index (χ1) is 9.38. The molecule has 2 aromatic heterocycles. The number of thiophene rings is 1. The Morgan fingerprint density at radius 2 is 2.53 bits per heavy atom. The fraction of sp³-hybridized carbons (Fsp3) is 0.533. The maximum atomic E-state index is 5.55. The Kier molecular flexibility index (Phi) is 4.11. The molecule has 1 fully saturated rings. The summed E-state index contributed by atoms with van der Waals surface area (Å²) in [4.78, 5) is 4.57. The van der Waals surface area contributed by atoms with E-state index in [1.54, 1.807) is 11.3 Å². The second kappa shape index (κ2) is 5.99. The van der Waals surface area contributed by atoms with Crippen molar-refractivity contribution in [1.29, 1.82) is 0 Å². The number of pyridine rings is 1. The third kappa shape index (κ3) is 2.81. The molecule has 0 saturated carbocycles. The van der Waals surface area contributed by atoms with Gasteiger partial charge in [0.25, 0.3) is 0 Å². The van der Waals surface area contributed by atoms with Gasteiger partial charge in [-0.25, -0.2) is 0 Å². The highest BCUT2D eigenvalue weighted by Crippen LogP contribution is 2.31. The molecular formula is C15H20N2OS. The van der Waals surface area contributed by atoms with Crippen molar-refractivity contribution in [2.24, 2.45) is 5.92 Å². The van der Waals surface area contributed by atoms with Gasteiger partial charge in [-0.3, -0.25) is 4.98 Å². The molecule has 0 radical (unpaired) electrons. The van der Waals surface area contributed by atoms with E-state index in [-0.39, 0.29) is 0 Å². The summed E-state index contributed by atoms with van der Waals surface area (Å²) in [6, 6.07) is 4.75. The van der Waals surface area contributed by atoms with Gasteiger partial charge in [0.2, 0.25) is 0 Å². The summed E-state index contributed by atoms with van der Waals surface area (Å²) in [5.74, 6) is 0.575. The van der Waals surface area contributed by atoms with Crippen molar-refractivity contribution >= 4 is 21.6 Å². The van der Waals surface area contributed by atoms with Crippen LogP contribution in [0.4, 0.5) is 0 Å². The van der Waals surface area contributed by atoms with Crippen LogP contribution in [0.15, 0.2) is 23.7 Å². The third-order valence-corrected chi connectivity index (χ3v) is 4.59. The van der Waals surface area contributed by atoms with E-state index in [1.807, 2.05) is 6.20 Å². The van der Waals surface area contributed by atoms with E-state index in [0.717, 1.165) is 38.1 Å². The van der Waals surface area contributed by atoms with E-state index < -0.39 is 0 Å². The van der Waals surface area contributed by atoms with Crippen LogP contribution in [0.3, 0.4) is 0 Å². The lowest BCUT2D eigenvalue weighted by molar-refractivity contribution is 0.176. The van der Waals surface area contributed by atoms with Gasteiger partial charge in [-0.1, -0.05) is 6.92 Å². The maximum absolute atomic E-state index is 5.55. The Bertz CT molecular complexity index is 534. The highest BCUT2D eigenvalue weighted by atomic mass is 32.1. The van der Waals surface area contributed by atoms with Crippen molar-refractivity contribution in [3.63, 3.8) is 0 Å². The van der Waals surface area contributed by atoms with Crippen LogP contribution in [-0.2, 0) is 4.74 Å². The van der Waals surface area contributed by atoms with Gasteiger partial charge >= 0.3 is 0 Å². The first-order valence-corrected chi connectivity index (χ1v) is 7.90. The van der Waals surface area contributed by atoms with Crippen molar-refractivity contribution in [3.05, 3.63) is 29.3 Å². The average Bonchev–Trinajstić information content (AvgIpc) is 3.09. The van der Waals surface area contributed by atoms with Crippen LogP contribution >= 0.6 is 11.3 Å². The molecule has 2 unspecified atom stereocenters. The number of aromatic nitrogens is 1. The number of hydrogen-bond acceptors (Lipinski definition) is 4. The highest BCUT2D eigenvalue weighted by Gasteiger charge is 2.27. The van der Waals surface area contributed by atoms with Crippen molar-refractivity contribution in [3.8, 4) is 0 Å². The van der Waals surface area contributed by atoms with Gasteiger partial charge in [0.1, 0.15) is 0 Å². The minimum atomic E-state index is 0.376. The molecule has 1 aliphatic rings. The zero-order chi connectivity index (χ0) is 13.1. The molecule has 3 heterocycles. The Hall–Kier alpha value is -0.970. The van der Waals surface area contributed by atoms with Gasteiger partial charge < -0.3 is 10.1 Å². The molecule has 1 aliphatic heterocycles. The average molecular weight is 276 g/mol. The predicted octanol–water partition coefficient (Wildman–Crippen LogP) is 3.37. The minimum Gasteiger partial charge on any atom is -0.381 e. The normalized spacial score (nSPS) is 21.0. The molecule has 2 atom stereocenters. The van der Waals surface area contributed by atoms with E-state index >= 15 is 0 Å². The van der Waals surface area contributed by atoms with Crippen molar-refractivity contribution in [2.75, 3.05) is 19.8 Å². The SMILES string of the molecule is CCCNC(c1cnc2ccsc2c1)C1CCOC1. The van der Waals surface area contributed by atoms with Crippen molar-refractivity contribution in [1.82, 2.24) is 10.3 Å². The van der Waals surface area contributed by atoms with Gasteiger partial charge in [-0.2, -0.15) is 0 Å². The number of fused-ring (bicyclic) bond motifs is 1. The molecule has 1 saturated heterocycles. The number of nitrogens with one attached hydrogen (secondary N) is 1. The monoisotopic (exact) mass is 276 g/mol. The molecule has 19 heavy (non-hydrogen) atoms. The lowest BCUT2D eigenvalue weighted by Gasteiger charge is -2.24. The first kappa shape index (κ1) is 13.0. The Labute approximate surface area is 118 Å². The largest absolute Gasteiger partial charge is 0.381 e. The smallest absolute Gasteiger partial charge is 0.0809 e. The lowest BCUT2D eigenvalue weighted by atomic mass is 9.93. The molecule has 0 amide bonds. The van der Waals surface area contributed by atoms with Gasteiger partial charge in [-0.05, 0) is 42.5 Å². The molecule has 0 aliphatic carbocycles. The molecule has 3 nitrogen and oxygen atoms in total. The Balaban J connectivity index is 1.87. The Morgan fingerprint density at radius 1 is 1.58 bits per heavy atom. The topological polar surface area (TPSA) is 34.2 Å².